The van der Waals surface area contributed by atoms with Crippen molar-refractivity contribution < 1.29 is 22.7 Å². The van der Waals surface area contributed by atoms with Crippen molar-refractivity contribution in [1.82, 2.24) is 14.2 Å². The molecule has 0 bridgehead atoms. The van der Waals surface area contributed by atoms with Crippen molar-refractivity contribution in [2.45, 2.75) is 31.6 Å². The first-order chi connectivity index (χ1) is 18.3. The SMILES string of the molecule is NC(=O)c1cc(-c2ccccc2)cc2c(C3CCN(S(=O)(=O)CCOCCN4CCCC4=O)CC3)c[nH]c12. The minimum atomic E-state index is -3.43. The molecule has 0 unspecified atom stereocenters. The molecule has 1 aromatic heterocycles. The van der Waals surface area contributed by atoms with E-state index in [4.69, 9.17) is 10.5 Å². The number of hydrogen-bond acceptors (Lipinski definition) is 5. The Labute approximate surface area is 223 Å². The Morgan fingerprint density at radius 3 is 2.50 bits per heavy atom. The van der Waals surface area contributed by atoms with Crippen LogP contribution in [0.4, 0.5) is 0 Å². The fourth-order valence-corrected chi connectivity index (χ4v) is 6.89. The Hall–Kier alpha value is -3.21. The van der Waals surface area contributed by atoms with Gasteiger partial charge in [-0.15, -0.1) is 0 Å². The lowest BCUT2D eigenvalue weighted by Crippen LogP contribution is -2.40. The predicted octanol–water partition coefficient (Wildman–Crippen LogP) is 3.08. The summed E-state index contributed by atoms with van der Waals surface area (Å²) in [6.45, 7) is 2.60. The number of ether oxygens (including phenoxy) is 1. The molecule has 202 valence electrons. The van der Waals surface area contributed by atoms with Gasteiger partial charge in [0.2, 0.25) is 15.9 Å². The molecule has 2 amide bonds. The number of primary amides is 1. The number of amides is 2. The van der Waals surface area contributed by atoms with E-state index in [1.165, 1.54) is 0 Å². The van der Waals surface area contributed by atoms with Crippen molar-refractivity contribution in [3.63, 3.8) is 0 Å². The number of hydrogen-bond donors (Lipinski definition) is 2. The van der Waals surface area contributed by atoms with Crippen LogP contribution >= 0.6 is 0 Å². The highest BCUT2D eigenvalue weighted by Gasteiger charge is 2.30. The van der Waals surface area contributed by atoms with E-state index in [9.17, 15) is 18.0 Å². The van der Waals surface area contributed by atoms with E-state index in [1.807, 2.05) is 42.6 Å². The number of sulfonamides is 1. The highest BCUT2D eigenvalue weighted by Crippen LogP contribution is 2.37. The van der Waals surface area contributed by atoms with Crippen molar-refractivity contribution in [3.8, 4) is 11.1 Å². The van der Waals surface area contributed by atoms with Gasteiger partial charge in [-0.25, -0.2) is 12.7 Å². The van der Waals surface area contributed by atoms with Crippen LogP contribution in [0, 0.1) is 0 Å². The second-order valence-corrected chi connectivity index (χ2v) is 12.1. The number of nitrogens with two attached hydrogens (primary N) is 1. The van der Waals surface area contributed by atoms with Crippen LogP contribution in [0.2, 0.25) is 0 Å². The summed E-state index contributed by atoms with van der Waals surface area (Å²) >= 11 is 0. The van der Waals surface area contributed by atoms with Crippen LogP contribution in [0.1, 0.15) is 47.5 Å². The van der Waals surface area contributed by atoms with E-state index in [0.29, 0.717) is 51.1 Å². The molecular formula is C28H34N4O5S. The minimum absolute atomic E-state index is 0.0683. The van der Waals surface area contributed by atoms with Crippen molar-refractivity contribution >= 4 is 32.7 Å². The topological polar surface area (TPSA) is 126 Å². The van der Waals surface area contributed by atoms with Crippen molar-refractivity contribution in [2.75, 3.05) is 45.1 Å². The molecule has 2 fully saturated rings. The van der Waals surface area contributed by atoms with Crippen LogP contribution in [0.25, 0.3) is 22.0 Å². The first-order valence-corrected chi connectivity index (χ1v) is 14.8. The van der Waals surface area contributed by atoms with Gasteiger partial charge in [0, 0.05) is 44.2 Å². The van der Waals surface area contributed by atoms with E-state index in [1.54, 1.807) is 9.21 Å². The summed E-state index contributed by atoms with van der Waals surface area (Å²) in [5, 5.41) is 0.950. The third kappa shape index (κ3) is 5.62. The number of nitrogens with zero attached hydrogens (tertiary/aromatic N) is 2. The number of benzene rings is 2. The standard InChI is InChI=1S/C28H34N4O5S/c29-28(34)24-18-22(20-5-2-1-3-6-20)17-23-25(19-30-27(23)24)21-8-11-32(12-9-21)38(35,36)16-15-37-14-13-31-10-4-7-26(31)33/h1-3,5-6,17-19,21,30H,4,7-16H2,(H2,29,34). The normalized spacial score (nSPS) is 17.5. The predicted molar refractivity (Wildman–Crippen MR) is 146 cm³/mol. The zero-order valence-electron chi connectivity index (χ0n) is 21.4. The van der Waals surface area contributed by atoms with Crippen LogP contribution in [0.15, 0.2) is 48.7 Å². The van der Waals surface area contributed by atoms with Gasteiger partial charge < -0.3 is 20.4 Å². The Bertz CT molecular complexity index is 1410. The van der Waals surface area contributed by atoms with Gasteiger partial charge in [-0.2, -0.15) is 0 Å². The quantitative estimate of drug-likeness (QED) is 0.384. The largest absolute Gasteiger partial charge is 0.379 e. The third-order valence-corrected chi connectivity index (χ3v) is 9.48. The van der Waals surface area contributed by atoms with Gasteiger partial charge in [0.05, 0.1) is 30.0 Å². The molecule has 0 radical (unpaired) electrons. The number of fused-ring (bicyclic) bond motifs is 1. The van der Waals surface area contributed by atoms with Crippen LogP contribution in [0.5, 0.6) is 0 Å². The number of aromatic nitrogens is 1. The van der Waals surface area contributed by atoms with Gasteiger partial charge in [0.25, 0.3) is 5.91 Å². The molecule has 0 spiro atoms. The molecule has 10 heteroatoms. The number of piperidine rings is 1. The monoisotopic (exact) mass is 538 g/mol. The van der Waals surface area contributed by atoms with E-state index in [2.05, 4.69) is 11.1 Å². The van der Waals surface area contributed by atoms with Gasteiger partial charge in [-0.3, -0.25) is 9.59 Å². The first kappa shape index (κ1) is 26.4. The van der Waals surface area contributed by atoms with E-state index in [0.717, 1.165) is 40.6 Å². The Balaban J connectivity index is 1.22. The minimum Gasteiger partial charge on any atom is -0.379 e. The fourth-order valence-electron chi connectivity index (χ4n) is 5.54. The second-order valence-electron chi connectivity index (χ2n) is 10.0. The summed E-state index contributed by atoms with van der Waals surface area (Å²) in [6.07, 6.45) is 4.77. The Kier molecular flexibility index (Phi) is 7.83. The maximum absolute atomic E-state index is 12.9. The highest BCUT2D eigenvalue weighted by molar-refractivity contribution is 7.89. The van der Waals surface area contributed by atoms with Crippen LogP contribution in [-0.2, 0) is 19.6 Å². The molecule has 2 aromatic carbocycles. The number of nitrogens with one attached hydrogen (secondary N) is 1. The maximum atomic E-state index is 12.9. The van der Waals surface area contributed by atoms with Crippen LogP contribution in [-0.4, -0.2) is 79.6 Å². The lowest BCUT2D eigenvalue weighted by Gasteiger charge is -2.31. The average Bonchev–Trinajstić information content (AvgIpc) is 3.54. The van der Waals surface area contributed by atoms with Gasteiger partial charge in [0.1, 0.15) is 0 Å². The van der Waals surface area contributed by atoms with Crippen molar-refractivity contribution in [3.05, 3.63) is 59.8 Å². The summed E-state index contributed by atoms with van der Waals surface area (Å²) in [5.41, 5.74) is 9.88. The van der Waals surface area contributed by atoms with Crippen LogP contribution < -0.4 is 5.73 Å². The molecule has 2 saturated heterocycles. The molecule has 5 rings (SSSR count). The van der Waals surface area contributed by atoms with Gasteiger partial charge in [-0.05, 0) is 54.0 Å². The van der Waals surface area contributed by atoms with E-state index in [-0.39, 0.29) is 24.2 Å². The molecule has 38 heavy (non-hydrogen) atoms. The number of aromatic amines is 1. The number of H-pyrrole nitrogens is 1. The first-order valence-electron chi connectivity index (χ1n) is 13.2. The Morgan fingerprint density at radius 2 is 1.82 bits per heavy atom. The molecule has 0 atom stereocenters. The van der Waals surface area contributed by atoms with Crippen molar-refractivity contribution in [2.24, 2.45) is 5.73 Å². The lowest BCUT2D eigenvalue weighted by molar-refractivity contribution is -0.128. The van der Waals surface area contributed by atoms with E-state index < -0.39 is 15.9 Å². The number of carbonyl (C=O) groups excluding carboxylic acids is 2. The molecule has 2 aliphatic rings. The molecule has 3 N–H and O–H groups in total. The summed E-state index contributed by atoms with van der Waals surface area (Å²) in [7, 11) is -3.43. The molecule has 0 saturated carbocycles. The average molecular weight is 539 g/mol. The lowest BCUT2D eigenvalue weighted by atomic mass is 9.88. The summed E-state index contributed by atoms with van der Waals surface area (Å²) < 4.78 is 32.9. The summed E-state index contributed by atoms with van der Waals surface area (Å²) in [4.78, 5) is 28.9. The van der Waals surface area contributed by atoms with Gasteiger partial charge in [0.15, 0.2) is 0 Å². The second kappa shape index (κ2) is 11.3. The molecule has 0 aliphatic carbocycles. The van der Waals surface area contributed by atoms with Crippen LogP contribution in [0.3, 0.4) is 0 Å². The molecule has 2 aliphatic heterocycles. The molecule has 3 aromatic rings. The number of likely N-dealkylation sites (tertiary alicyclic amines) is 1. The molecule has 9 nitrogen and oxygen atoms in total. The molecular weight excluding hydrogens is 504 g/mol. The fraction of sp³-hybridized carbons (Fsp3) is 0.429. The molecule has 3 heterocycles. The number of carbonyl (C=O) groups is 2. The highest BCUT2D eigenvalue weighted by atomic mass is 32.2. The summed E-state index contributed by atoms with van der Waals surface area (Å²) in [6, 6.07) is 13.8. The van der Waals surface area contributed by atoms with Gasteiger partial charge in [-0.1, -0.05) is 30.3 Å². The maximum Gasteiger partial charge on any atom is 0.250 e. The smallest absolute Gasteiger partial charge is 0.250 e. The Morgan fingerprint density at radius 1 is 1.05 bits per heavy atom. The van der Waals surface area contributed by atoms with E-state index >= 15 is 0 Å². The summed E-state index contributed by atoms with van der Waals surface area (Å²) in [5.74, 6) is -0.254. The van der Waals surface area contributed by atoms with Crippen molar-refractivity contribution in [1.29, 1.82) is 0 Å². The zero-order valence-corrected chi connectivity index (χ0v) is 22.2. The van der Waals surface area contributed by atoms with Gasteiger partial charge >= 0.3 is 0 Å². The third-order valence-electron chi connectivity index (χ3n) is 7.64. The number of rotatable bonds is 10. The zero-order chi connectivity index (χ0) is 26.7.